The third-order valence-corrected chi connectivity index (χ3v) is 5.30. The van der Waals surface area contributed by atoms with Gasteiger partial charge in [-0.2, -0.15) is 0 Å². The molecule has 1 N–H and O–H groups in total. The molecule has 150 valence electrons. The van der Waals surface area contributed by atoms with Crippen molar-refractivity contribution in [2.75, 3.05) is 22.5 Å². The second-order valence-corrected chi connectivity index (χ2v) is 8.19. The summed E-state index contributed by atoms with van der Waals surface area (Å²) in [6.07, 6.45) is 1.04. The molecule has 1 amide bonds. The average Bonchev–Trinajstić information content (AvgIpc) is 2.63. The van der Waals surface area contributed by atoms with Crippen molar-refractivity contribution >= 4 is 33.3 Å². The van der Waals surface area contributed by atoms with Crippen LogP contribution in [0.1, 0.15) is 29.8 Å². The van der Waals surface area contributed by atoms with Crippen molar-refractivity contribution in [1.82, 2.24) is 0 Å². The predicted molar refractivity (Wildman–Crippen MR) is 109 cm³/mol. The molecule has 8 heteroatoms. The summed E-state index contributed by atoms with van der Waals surface area (Å²) >= 11 is 0. The lowest BCUT2D eigenvalue weighted by Crippen LogP contribution is -2.45. The standard InChI is InChI=1S/C20H24N2O5S/c1-5-27-20(24)17-8-6-7-9-18(17)21-19(23)15(3)22(28(4,25)26)16-12-10-14(2)11-13-16/h6-13,15H,5H2,1-4H3,(H,21,23)/t15-/m1/s1. The number of carbonyl (C=O) groups is 2. The minimum atomic E-state index is -3.72. The first kappa shape index (κ1) is 21.4. The Balaban J connectivity index is 2.32. The van der Waals surface area contributed by atoms with Gasteiger partial charge < -0.3 is 10.1 Å². The van der Waals surface area contributed by atoms with Crippen LogP contribution in [0, 0.1) is 6.92 Å². The lowest BCUT2D eigenvalue weighted by molar-refractivity contribution is -0.116. The summed E-state index contributed by atoms with van der Waals surface area (Å²) in [6.45, 7) is 5.26. The summed E-state index contributed by atoms with van der Waals surface area (Å²) < 4.78 is 30.7. The molecule has 0 aliphatic rings. The average molecular weight is 404 g/mol. The molecule has 0 aliphatic heterocycles. The predicted octanol–water partition coefficient (Wildman–Crippen LogP) is 2.96. The Hall–Kier alpha value is -2.87. The van der Waals surface area contributed by atoms with E-state index in [1.807, 2.05) is 6.92 Å². The molecule has 0 saturated heterocycles. The van der Waals surface area contributed by atoms with E-state index in [0.717, 1.165) is 16.1 Å². The quantitative estimate of drug-likeness (QED) is 0.716. The van der Waals surface area contributed by atoms with Gasteiger partial charge in [-0.05, 0) is 45.0 Å². The number of sulfonamides is 1. The zero-order valence-corrected chi connectivity index (χ0v) is 17.1. The van der Waals surface area contributed by atoms with Gasteiger partial charge in [-0.25, -0.2) is 13.2 Å². The highest BCUT2D eigenvalue weighted by Gasteiger charge is 2.29. The Labute approximate surface area is 165 Å². The maximum Gasteiger partial charge on any atom is 0.340 e. The number of nitrogens with one attached hydrogen (secondary N) is 1. The smallest absolute Gasteiger partial charge is 0.340 e. The van der Waals surface area contributed by atoms with Crippen LogP contribution >= 0.6 is 0 Å². The van der Waals surface area contributed by atoms with Gasteiger partial charge in [0, 0.05) is 0 Å². The Morgan fingerprint density at radius 3 is 2.29 bits per heavy atom. The molecule has 0 heterocycles. The van der Waals surface area contributed by atoms with E-state index in [2.05, 4.69) is 5.32 Å². The van der Waals surface area contributed by atoms with Gasteiger partial charge in [0.2, 0.25) is 15.9 Å². The minimum Gasteiger partial charge on any atom is -0.462 e. The zero-order valence-electron chi connectivity index (χ0n) is 16.3. The normalized spacial score (nSPS) is 12.1. The van der Waals surface area contributed by atoms with Crippen LogP contribution in [0.3, 0.4) is 0 Å². The third-order valence-electron chi connectivity index (χ3n) is 4.06. The highest BCUT2D eigenvalue weighted by molar-refractivity contribution is 7.92. The molecule has 7 nitrogen and oxygen atoms in total. The minimum absolute atomic E-state index is 0.200. The van der Waals surface area contributed by atoms with E-state index >= 15 is 0 Å². The number of rotatable bonds is 7. The lowest BCUT2D eigenvalue weighted by atomic mass is 10.1. The number of ether oxygens (including phenoxy) is 1. The zero-order chi connectivity index (χ0) is 20.9. The summed E-state index contributed by atoms with van der Waals surface area (Å²) in [5.74, 6) is -1.13. The van der Waals surface area contributed by atoms with E-state index in [4.69, 9.17) is 4.74 Å². The molecule has 0 saturated carbocycles. The summed E-state index contributed by atoms with van der Waals surface area (Å²) in [6, 6.07) is 12.2. The van der Waals surface area contributed by atoms with E-state index in [1.165, 1.54) is 13.0 Å². The molecular formula is C20H24N2O5S. The number of nitrogens with zero attached hydrogens (tertiary/aromatic N) is 1. The van der Waals surface area contributed by atoms with Gasteiger partial charge in [0.25, 0.3) is 0 Å². The second kappa shape index (κ2) is 8.88. The van der Waals surface area contributed by atoms with E-state index in [1.54, 1.807) is 49.4 Å². The van der Waals surface area contributed by atoms with Gasteiger partial charge in [0.05, 0.1) is 29.8 Å². The van der Waals surface area contributed by atoms with E-state index in [9.17, 15) is 18.0 Å². The second-order valence-electron chi connectivity index (χ2n) is 6.33. The van der Waals surface area contributed by atoms with Gasteiger partial charge in [-0.1, -0.05) is 29.8 Å². The van der Waals surface area contributed by atoms with Gasteiger partial charge in [-0.15, -0.1) is 0 Å². The van der Waals surface area contributed by atoms with Crippen molar-refractivity contribution < 1.29 is 22.7 Å². The molecule has 0 spiro atoms. The number of aryl methyl sites for hydroxylation is 1. The van der Waals surface area contributed by atoms with Gasteiger partial charge in [0.15, 0.2) is 0 Å². The van der Waals surface area contributed by atoms with Crippen molar-refractivity contribution in [2.45, 2.75) is 26.8 Å². The first-order valence-corrected chi connectivity index (χ1v) is 10.6. The maximum atomic E-state index is 12.8. The Morgan fingerprint density at radius 2 is 1.71 bits per heavy atom. The Morgan fingerprint density at radius 1 is 1.11 bits per heavy atom. The van der Waals surface area contributed by atoms with E-state index in [-0.39, 0.29) is 17.9 Å². The molecular weight excluding hydrogens is 380 g/mol. The molecule has 2 aromatic carbocycles. The van der Waals surface area contributed by atoms with Crippen LogP contribution in [0.4, 0.5) is 11.4 Å². The molecule has 1 atom stereocenters. The van der Waals surface area contributed by atoms with Crippen molar-refractivity contribution in [2.24, 2.45) is 0 Å². The monoisotopic (exact) mass is 404 g/mol. The number of para-hydroxylation sites is 1. The molecule has 0 bridgehead atoms. The van der Waals surface area contributed by atoms with Crippen molar-refractivity contribution in [3.63, 3.8) is 0 Å². The number of esters is 1. The van der Waals surface area contributed by atoms with Crippen molar-refractivity contribution in [3.05, 3.63) is 59.7 Å². The van der Waals surface area contributed by atoms with Crippen LogP contribution in [0.2, 0.25) is 0 Å². The Bertz CT molecular complexity index is 955. The molecule has 0 fully saturated rings. The molecule has 0 aliphatic carbocycles. The number of hydrogen-bond donors (Lipinski definition) is 1. The molecule has 2 aromatic rings. The highest BCUT2D eigenvalue weighted by Crippen LogP contribution is 2.23. The summed E-state index contributed by atoms with van der Waals surface area (Å²) in [5.41, 5.74) is 1.81. The van der Waals surface area contributed by atoms with Crippen LogP contribution in [0.5, 0.6) is 0 Å². The fourth-order valence-corrected chi connectivity index (χ4v) is 3.89. The van der Waals surface area contributed by atoms with Gasteiger partial charge in [-0.3, -0.25) is 9.10 Å². The molecule has 28 heavy (non-hydrogen) atoms. The topological polar surface area (TPSA) is 92.8 Å². The SMILES string of the molecule is CCOC(=O)c1ccccc1NC(=O)[C@@H](C)N(c1ccc(C)cc1)S(C)(=O)=O. The molecule has 0 radical (unpaired) electrons. The van der Waals surface area contributed by atoms with Crippen LogP contribution in [0.25, 0.3) is 0 Å². The van der Waals surface area contributed by atoms with Gasteiger partial charge in [0.1, 0.15) is 6.04 Å². The number of amides is 1. The number of anilines is 2. The van der Waals surface area contributed by atoms with E-state index in [0.29, 0.717) is 5.69 Å². The van der Waals surface area contributed by atoms with Crippen LogP contribution in [0.15, 0.2) is 48.5 Å². The van der Waals surface area contributed by atoms with E-state index < -0.39 is 27.9 Å². The van der Waals surface area contributed by atoms with Crippen LogP contribution in [-0.2, 0) is 19.6 Å². The first-order valence-electron chi connectivity index (χ1n) is 8.78. The fraction of sp³-hybridized carbons (Fsp3) is 0.300. The molecule has 0 unspecified atom stereocenters. The Kier molecular flexibility index (Phi) is 6.80. The van der Waals surface area contributed by atoms with Gasteiger partial charge >= 0.3 is 5.97 Å². The number of benzene rings is 2. The highest BCUT2D eigenvalue weighted by atomic mass is 32.2. The number of hydrogen-bond acceptors (Lipinski definition) is 5. The van der Waals surface area contributed by atoms with Crippen LogP contribution in [-0.4, -0.2) is 39.2 Å². The third kappa shape index (κ3) is 5.10. The number of carbonyl (C=O) groups excluding carboxylic acids is 2. The fourth-order valence-electron chi connectivity index (χ4n) is 2.72. The maximum absolute atomic E-state index is 12.8. The summed E-state index contributed by atoms with van der Waals surface area (Å²) in [7, 11) is -3.72. The lowest BCUT2D eigenvalue weighted by Gasteiger charge is -2.28. The summed E-state index contributed by atoms with van der Waals surface area (Å²) in [4.78, 5) is 24.9. The molecule has 2 rings (SSSR count). The van der Waals surface area contributed by atoms with Crippen LogP contribution < -0.4 is 9.62 Å². The van der Waals surface area contributed by atoms with Crippen molar-refractivity contribution in [1.29, 1.82) is 0 Å². The van der Waals surface area contributed by atoms with Crippen molar-refractivity contribution in [3.8, 4) is 0 Å². The largest absolute Gasteiger partial charge is 0.462 e. The first-order chi connectivity index (χ1) is 13.1. The molecule has 0 aromatic heterocycles. The summed E-state index contributed by atoms with van der Waals surface area (Å²) in [5, 5.41) is 2.64.